The number of ether oxygens (including phenoxy) is 1. The fourth-order valence-electron chi connectivity index (χ4n) is 1.55. The Balaban J connectivity index is 3.13. The summed E-state index contributed by atoms with van der Waals surface area (Å²) in [6, 6.07) is 6.73. The summed E-state index contributed by atoms with van der Waals surface area (Å²) in [6.07, 6.45) is 0. The van der Waals surface area contributed by atoms with Crippen molar-refractivity contribution < 1.29 is 13.2 Å². The molecule has 92 valence electrons. The number of nitrogens with zero attached hydrogens (tertiary/aromatic N) is 1. The monoisotopic (exact) mass is 253 g/mol. The molecule has 17 heavy (non-hydrogen) atoms. The Morgan fingerprint density at radius 3 is 2.59 bits per heavy atom. The third kappa shape index (κ3) is 3.21. The Morgan fingerprint density at radius 2 is 2.12 bits per heavy atom. The molecular formula is C12H15NO3S. The maximum Gasteiger partial charge on any atom is 0.179 e. The van der Waals surface area contributed by atoms with E-state index in [2.05, 4.69) is 0 Å². The van der Waals surface area contributed by atoms with Gasteiger partial charge in [-0.2, -0.15) is 5.26 Å². The second-order valence-electron chi connectivity index (χ2n) is 3.94. The highest BCUT2D eigenvalue weighted by molar-refractivity contribution is 7.91. The van der Waals surface area contributed by atoms with E-state index in [1.165, 1.54) is 13.2 Å². The standard InChI is InChI=1S/C12H15NO3S/c1-9(7-13)8-17(14,15)12-5-4-11(16-3)6-10(12)2/h4-6,9H,8H2,1-3H3. The van der Waals surface area contributed by atoms with Gasteiger partial charge in [-0.3, -0.25) is 0 Å². The maximum absolute atomic E-state index is 12.0. The molecule has 0 aliphatic carbocycles. The lowest BCUT2D eigenvalue weighted by molar-refractivity contribution is 0.414. The highest BCUT2D eigenvalue weighted by Crippen LogP contribution is 2.23. The van der Waals surface area contributed by atoms with Crippen LogP contribution < -0.4 is 4.74 Å². The lowest BCUT2D eigenvalue weighted by atomic mass is 10.2. The number of nitriles is 1. The molecule has 0 fully saturated rings. The van der Waals surface area contributed by atoms with Gasteiger partial charge in [0.2, 0.25) is 0 Å². The summed E-state index contributed by atoms with van der Waals surface area (Å²) in [6.45, 7) is 3.31. The first-order valence-electron chi connectivity index (χ1n) is 5.17. The second-order valence-corrected chi connectivity index (χ2v) is 5.95. The number of aryl methyl sites for hydroxylation is 1. The van der Waals surface area contributed by atoms with Crippen molar-refractivity contribution in [3.8, 4) is 11.8 Å². The average Bonchev–Trinajstić information content (AvgIpc) is 2.27. The zero-order valence-corrected chi connectivity index (χ0v) is 10.9. The van der Waals surface area contributed by atoms with Crippen LogP contribution in [0.2, 0.25) is 0 Å². The van der Waals surface area contributed by atoms with Gasteiger partial charge in [0, 0.05) is 0 Å². The van der Waals surface area contributed by atoms with E-state index in [1.54, 1.807) is 26.0 Å². The number of rotatable bonds is 4. The summed E-state index contributed by atoms with van der Waals surface area (Å²) in [5.74, 6) is -0.0484. The van der Waals surface area contributed by atoms with Crippen LogP contribution in [0.15, 0.2) is 23.1 Å². The van der Waals surface area contributed by atoms with Gasteiger partial charge in [-0.05, 0) is 37.6 Å². The van der Waals surface area contributed by atoms with Gasteiger partial charge in [0.15, 0.2) is 9.84 Å². The van der Waals surface area contributed by atoms with E-state index in [9.17, 15) is 8.42 Å². The van der Waals surface area contributed by atoms with Crippen LogP contribution in [0.3, 0.4) is 0 Å². The molecule has 0 bridgehead atoms. The van der Waals surface area contributed by atoms with Crippen molar-refractivity contribution in [3.05, 3.63) is 23.8 Å². The number of benzene rings is 1. The predicted octanol–water partition coefficient (Wildman–Crippen LogP) is 1.94. The molecule has 1 atom stereocenters. The van der Waals surface area contributed by atoms with Gasteiger partial charge in [0.05, 0.1) is 29.7 Å². The van der Waals surface area contributed by atoms with Crippen molar-refractivity contribution in [1.29, 1.82) is 5.26 Å². The minimum absolute atomic E-state index is 0.156. The number of hydrogen-bond acceptors (Lipinski definition) is 4. The molecule has 0 heterocycles. The van der Waals surface area contributed by atoms with Crippen molar-refractivity contribution in [3.63, 3.8) is 0 Å². The van der Waals surface area contributed by atoms with Crippen molar-refractivity contribution >= 4 is 9.84 Å². The Bertz CT molecular complexity index is 543. The summed E-state index contributed by atoms with van der Waals surface area (Å²) in [4.78, 5) is 0.264. The predicted molar refractivity (Wildman–Crippen MR) is 64.6 cm³/mol. The van der Waals surface area contributed by atoms with E-state index < -0.39 is 15.8 Å². The molecule has 4 nitrogen and oxygen atoms in total. The minimum atomic E-state index is -3.41. The summed E-state index contributed by atoms with van der Waals surface area (Å²) in [5, 5.41) is 8.66. The quantitative estimate of drug-likeness (QED) is 0.822. The van der Waals surface area contributed by atoms with E-state index in [0.29, 0.717) is 11.3 Å². The normalized spacial score (nSPS) is 12.8. The molecule has 0 aliphatic heterocycles. The smallest absolute Gasteiger partial charge is 0.179 e. The van der Waals surface area contributed by atoms with Crippen LogP contribution in [0.5, 0.6) is 5.75 Å². The lowest BCUT2D eigenvalue weighted by Crippen LogP contribution is -2.14. The number of hydrogen-bond donors (Lipinski definition) is 0. The van der Waals surface area contributed by atoms with Gasteiger partial charge in [-0.25, -0.2) is 8.42 Å². The molecule has 0 spiro atoms. The van der Waals surface area contributed by atoms with Crippen LogP contribution in [-0.4, -0.2) is 21.3 Å². The minimum Gasteiger partial charge on any atom is -0.497 e. The molecular weight excluding hydrogens is 238 g/mol. The fraction of sp³-hybridized carbons (Fsp3) is 0.417. The third-order valence-electron chi connectivity index (χ3n) is 2.41. The van der Waals surface area contributed by atoms with Gasteiger partial charge < -0.3 is 4.74 Å². The van der Waals surface area contributed by atoms with Crippen molar-refractivity contribution in [2.75, 3.05) is 12.9 Å². The first-order chi connectivity index (χ1) is 7.90. The van der Waals surface area contributed by atoms with Crippen LogP contribution in [-0.2, 0) is 9.84 Å². The summed E-state index contributed by atoms with van der Waals surface area (Å²) < 4.78 is 29.1. The Labute approximate surface area is 102 Å². The molecule has 0 radical (unpaired) electrons. The summed E-state index contributed by atoms with van der Waals surface area (Å²) in [5.41, 5.74) is 0.634. The third-order valence-corrected chi connectivity index (χ3v) is 4.47. The van der Waals surface area contributed by atoms with Gasteiger partial charge in [-0.15, -0.1) is 0 Å². The topological polar surface area (TPSA) is 67.2 Å². The number of methoxy groups -OCH3 is 1. The fourth-order valence-corrected chi connectivity index (χ4v) is 3.29. The molecule has 1 rings (SSSR count). The largest absolute Gasteiger partial charge is 0.497 e. The van der Waals surface area contributed by atoms with Crippen LogP contribution >= 0.6 is 0 Å². The van der Waals surface area contributed by atoms with Crippen molar-refractivity contribution in [2.45, 2.75) is 18.7 Å². The first kappa shape index (κ1) is 13.5. The zero-order valence-electron chi connectivity index (χ0n) is 10.1. The van der Waals surface area contributed by atoms with E-state index >= 15 is 0 Å². The lowest BCUT2D eigenvalue weighted by Gasteiger charge is -2.10. The van der Waals surface area contributed by atoms with E-state index in [0.717, 1.165) is 0 Å². The van der Waals surface area contributed by atoms with E-state index in [4.69, 9.17) is 10.00 Å². The molecule has 1 aromatic rings. The molecule has 5 heteroatoms. The first-order valence-corrected chi connectivity index (χ1v) is 6.83. The van der Waals surface area contributed by atoms with E-state index in [1.807, 2.05) is 6.07 Å². The molecule has 0 amide bonds. The molecule has 0 saturated carbocycles. The van der Waals surface area contributed by atoms with Crippen molar-refractivity contribution in [2.24, 2.45) is 5.92 Å². The zero-order chi connectivity index (χ0) is 13.1. The van der Waals surface area contributed by atoms with Crippen LogP contribution in [0.1, 0.15) is 12.5 Å². The van der Waals surface area contributed by atoms with Gasteiger partial charge >= 0.3 is 0 Å². The average molecular weight is 253 g/mol. The van der Waals surface area contributed by atoms with Crippen molar-refractivity contribution in [1.82, 2.24) is 0 Å². The SMILES string of the molecule is COc1ccc(S(=O)(=O)CC(C)C#N)c(C)c1. The number of sulfone groups is 1. The van der Waals surface area contributed by atoms with Gasteiger partial charge in [0.1, 0.15) is 5.75 Å². The molecule has 1 aromatic carbocycles. The highest BCUT2D eigenvalue weighted by atomic mass is 32.2. The van der Waals surface area contributed by atoms with E-state index in [-0.39, 0.29) is 10.6 Å². The van der Waals surface area contributed by atoms with Crippen LogP contribution in [0.25, 0.3) is 0 Å². The summed E-state index contributed by atoms with van der Waals surface area (Å²) >= 11 is 0. The highest BCUT2D eigenvalue weighted by Gasteiger charge is 2.20. The molecule has 0 aliphatic rings. The molecule has 1 unspecified atom stereocenters. The van der Waals surface area contributed by atoms with Crippen LogP contribution in [0.4, 0.5) is 0 Å². The van der Waals surface area contributed by atoms with Gasteiger partial charge in [0.25, 0.3) is 0 Å². The summed E-state index contributed by atoms with van der Waals surface area (Å²) in [7, 11) is -1.88. The molecule has 0 N–H and O–H groups in total. The Morgan fingerprint density at radius 1 is 1.47 bits per heavy atom. The van der Waals surface area contributed by atoms with Gasteiger partial charge in [-0.1, -0.05) is 0 Å². The Kier molecular flexibility index (Phi) is 4.13. The second kappa shape index (κ2) is 5.19. The molecule has 0 aromatic heterocycles. The van der Waals surface area contributed by atoms with Crippen LogP contribution in [0, 0.1) is 24.2 Å². The maximum atomic E-state index is 12.0. The molecule has 0 saturated heterocycles. The Hall–Kier alpha value is -1.54.